The highest BCUT2D eigenvalue weighted by Gasteiger charge is 2.44. The van der Waals surface area contributed by atoms with Crippen molar-refractivity contribution in [3.05, 3.63) is 0 Å². The van der Waals surface area contributed by atoms with Crippen LogP contribution in [0.25, 0.3) is 0 Å². The summed E-state index contributed by atoms with van der Waals surface area (Å²) in [4.78, 5) is 0. The van der Waals surface area contributed by atoms with Crippen molar-refractivity contribution in [2.24, 2.45) is 16.7 Å². The third kappa shape index (κ3) is 1.71. The fraction of sp³-hybridized carbons (Fsp3) is 1.00. The first-order valence-corrected chi connectivity index (χ1v) is 6.27. The van der Waals surface area contributed by atoms with Crippen LogP contribution < -0.4 is 5.32 Å². The molecule has 2 fully saturated rings. The average Bonchev–Trinajstić information content (AvgIpc) is 2.53. The number of rotatable bonds is 1. The highest BCUT2D eigenvalue weighted by molar-refractivity contribution is 4.97. The van der Waals surface area contributed by atoms with Crippen LogP contribution in [0.1, 0.15) is 52.9 Å². The van der Waals surface area contributed by atoms with Crippen LogP contribution in [0, 0.1) is 16.7 Å². The molecule has 1 aliphatic carbocycles. The maximum atomic E-state index is 3.56. The van der Waals surface area contributed by atoms with Gasteiger partial charge in [0.2, 0.25) is 0 Å². The van der Waals surface area contributed by atoms with Crippen molar-refractivity contribution >= 4 is 0 Å². The van der Waals surface area contributed by atoms with Gasteiger partial charge < -0.3 is 5.32 Å². The summed E-state index contributed by atoms with van der Waals surface area (Å²) in [6, 6.07) is 0. The van der Waals surface area contributed by atoms with E-state index in [0.717, 1.165) is 5.92 Å². The molecular weight excluding hydrogens is 170 g/mol. The molecule has 1 spiro atoms. The average molecular weight is 195 g/mol. The summed E-state index contributed by atoms with van der Waals surface area (Å²) in [6.45, 7) is 9.86. The van der Waals surface area contributed by atoms with Gasteiger partial charge in [0.25, 0.3) is 0 Å². The van der Waals surface area contributed by atoms with E-state index >= 15 is 0 Å². The first-order chi connectivity index (χ1) is 6.56. The van der Waals surface area contributed by atoms with Crippen molar-refractivity contribution in [2.75, 3.05) is 13.1 Å². The smallest absolute Gasteiger partial charge is 0.000849 e. The maximum Gasteiger partial charge on any atom is 0.000849 e. The lowest BCUT2D eigenvalue weighted by Crippen LogP contribution is -2.39. The Morgan fingerprint density at radius 1 is 1.14 bits per heavy atom. The third-order valence-corrected chi connectivity index (χ3v) is 4.96. The van der Waals surface area contributed by atoms with Crippen LogP contribution in [-0.4, -0.2) is 13.1 Å². The van der Waals surface area contributed by atoms with Crippen LogP contribution >= 0.6 is 0 Å². The van der Waals surface area contributed by atoms with Crippen molar-refractivity contribution < 1.29 is 0 Å². The Kier molecular flexibility index (Phi) is 2.63. The van der Waals surface area contributed by atoms with E-state index in [2.05, 4.69) is 26.1 Å². The van der Waals surface area contributed by atoms with Gasteiger partial charge in [-0.15, -0.1) is 0 Å². The van der Waals surface area contributed by atoms with Crippen molar-refractivity contribution in [3.8, 4) is 0 Å². The lowest BCUT2D eigenvalue weighted by molar-refractivity contribution is 0.0467. The summed E-state index contributed by atoms with van der Waals surface area (Å²) >= 11 is 0. The molecule has 0 radical (unpaired) electrons. The topological polar surface area (TPSA) is 12.0 Å². The van der Waals surface area contributed by atoms with Gasteiger partial charge in [0.1, 0.15) is 0 Å². The molecule has 1 saturated carbocycles. The quantitative estimate of drug-likeness (QED) is 0.677. The molecule has 1 heteroatoms. The first kappa shape index (κ1) is 10.5. The molecule has 0 bridgehead atoms. The fourth-order valence-electron chi connectivity index (χ4n) is 3.55. The molecule has 1 aliphatic heterocycles. The Bertz CT molecular complexity index is 199. The normalized spacial score (nSPS) is 43.7. The van der Waals surface area contributed by atoms with Crippen molar-refractivity contribution in [2.45, 2.75) is 52.9 Å². The second kappa shape index (κ2) is 3.52. The van der Waals surface area contributed by atoms with Crippen molar-refractivity contribution in [3.63, 3.8) is 0 Å². The Morgan fingerprint density at radius 2 is 1.93 bits per heavy atom. The molecule has 2 aliphatic rings. The molecule has 1 nitrogen and oxygen atoms in total. The minimum atomic E-state index is 0.615. The van der Waals surface area contributed by atoms with Gasteiger partial charge in [0.15, 0.2) is 0 Å². The van der Waals surface area contributed by atoms with E-state index < -0.39 is 0 Å². The van der Waals surface area contributed by atoms with Gasteiger partial charge in [0.05, 0.1) is 0 Å². The Labute approximate surface area is 88.7 Å². The van der Waals surface area contributed by atoms with Crippen LogP contribution in [0.2, 0.25) is 0 Å². The summed E-state index contributed by atoms with van der Waals surface area (Å²) in [5, 5.41) is 3.56. The van der Waals surface area contributed by atoms with E-state index in [9.17, 15) is 0 Å². The van der Waals surface area contributed by atoms with Gasteiger partial charge in [0, 0.05) is 6.54 Å². The van der Waals surface area contributed by atoms with Gasteiger partial charge in [-0.1, -0.05) is 27.2 Å². The molecular formula is C13H25N. The summed E-state index contributed by atoms with van der Waals surface area (Å²) < 4.78 is 0. The minimum Gasteiger partial charge on any atom is -0.316 e. The van der Waals surface area contributed by atoms with Gasteiger partial charge in [-0.2, -0.15) is 0 Å². The standard InChI is InChI=1S/C13H25N/c1-11(2)12(3)5-4-6-13(9-12)7-8-14-10-13/h11,14H,4-10H2,1-3H3. The first-order valence-electron chi connectivity index (χ1n) is 6.27. The minimum absolute atomic E-state index is 0.615. The second-order valence-electron chi connectivity index (χ2n) is 6.27. The summed E-state index contributed by atoms with van der Waals surface area (Å²) in [7, 11) is 0. The lowest BCUT2D eigenvalue weighted by atomic mass is 9.58. The van der Waals surface area contributed by atoms with E-state index in [-0.39, 0.29) is 0 Å². The Hall–Kier alpha value is -0.0400. The molecule has 0 aromatic carbocycles. The van der Waals surface area contributed by atoms with Gasteiger partial charge >= 0.3 is 0 Å². The summed E-state index contributed by atoms with van der Waals surface area (Å²) in [5.41, 5.74) is 1.29. The van der Waals surface area contributed by atoms with E-state index in [1.165, 1.54) is 45.2 Å². The molecule has 14 heavy (non-hydrogen) atoms. The predicted octanol–water partition coefficient (Wildman–Crippen LogP) is 3.20. The molecule has 82 valence electrons. The molecule has 1 heterocycles. The summed E-state index contributed by atoms with van der Waals surface area (Å²) in [5.74, 6) is 0.847. The molecule has 2 atom stereocenters. The summed E-state index contributed by atoms with van der Waals surface area (Å²) in [6.07, 6.45) is 7.27. The number of hydrogen-bond acceptors (Lipinski definition) is 1. The maximum absolute atomic E-state index is 3.56. The van der Waals surface area contributed by atoms with Crippen LogP contribution in [0.4, 0.5) is 0 Å². The Morgan fingerprint density at radius 3 is 2.50 bits per heavy atom. The van der Waals surface area contributed by atoms with Gasteiger partial charge in [-0.3, -0.25) is 0 Å². The zero-order chi connectivity index (χ0) is 10.2. The molecule has 2 unspecified atom stereocenters. The Balaban J connectivity index is 2.10. The SMILES string of the molecule is CC(C)C1(C)CCCC2(CCNC2)C1. The second-order valence-corrected chi connectivity index (χ2v) is 6.27. The zero-order valence-electron chi connectivity index (χ0n) is 10.0. The molecule has 0 amide bonds. The van der Waals surface area contributed by atoms with Crippen molar-refractivity contribution in [1.29, 1.82) is 0 Å². The van der Waals surface area contributed by atoms with Crippen LogP contribution in [0.3, 0.4) is 0 Å². The highest BCUT2D eigenvalue weighted by Crippen LogP contribution is 2.52. The number of hydrogen-bond donors (Lipinski definition) is 1. The van der Waals surface area contributed by atoms with Gasteiger partial charge in [-0.05, 0) is 49.0 Å². The molecule has 1 saturated heterocycles. The van der Waals surface area contributed by atoms with E-state index in [0.29, 0.717) is 10.8 Å². The van der Waals surface area contributed by atoms with E-state index in [1.807, 2.05) is 0 Å². The van der Waals surface area contributed by atoms with Crippen LogP contribution in [0.15, 0.2) is 0 Å². The largest absolute Gasteiger partial charge is 0.316 e. The molecule has 1 N–H and O–H groups in total. The van der Waals surface area contributed by atoms with Crippen LogP contribution in [0.5, 0.6) is 0 Å². The molecule has 0 aromatic rings. The van der Waals surface area contributed by atoms with E-state index in [1.54, 1.807) is 0 Å². The number of nitrogens with one attached hydrogen (secondary N) is 1. The predicted molar refractivity (Wildman–Crippen MR) is 61.3 cm³/mol. The highest BCUT2D eigenvalue weighted by atomic mass is 14.9. The monoisotopic (exact) mass is 195 g/mol. The van der Waals surface area contributed by atoms with Gasteiger partial charge in [-0.25, -0.2) is 0 Å². The lowest BCUT2D eigenvalue weighted by Gasteiger charge is -2.47. The molecule has 2 rings (SSSR count). The fourth-order valence-corrected chi connectivity index (χ4v) is 3.55. The zero-order valence-corrected chi connectivity index (χ0v) is 10.0. The molecule has 0 aromatic heterocycles. The third-order valence-electron chi connectivity index (χ3n) is 4.96. The van der Waals surface area contributed by atoms with E-state index in [4.69, 9.17) is 0 Å². The van der Waals surface area contributed by atoms with Crippen LogP contribution in [-0.2, 0) is 0 Å². The van der Waals surface area contributed by atoms with Crippen molar-refractivity contribution in [1.82, 2.24) is 5.32 Å².